The van der Waals surface area contributed by atoms with E-state index in [1.54, 1.807) is 6.20 Å². The smallest absolute Gasteiger partial charge is 0.244 e. The Balaban J connectivity index is 1.49. The van der Waals surface area contributed by atoms with Gasteiger partial charge in [-0.05, 0) is 44.0 Å². The summed E-state index contributed by atoms with van der Waals surface area (Å²) in [6.07, 6.45) is 4.92. The van der Waals surface area contributed by atoms with Gasteiger partial charge < -0.3 is 4.90 Å². The molecular weight excluding hydrogens is 324 g/mol. The van der Waals surface area contributed by atoms with Gasteiger partial charge in [0.15, 0.2) is 0 Å². The van der Waals surface area contributed by atoms with Gasteiger partial charge in [-0.3, -0.25) is 14.8 Å². The summed E-state index contributed by atoms with van der Waals surface area (Å²) in [6.45, 7) is 2.63. The first-order chi connectivity index (χ1) is 11.7. The van der Waals surface area contributed by atoms with E-state index in [9.17, 15) is 4.79 Å². The molecule has 1 amide bonds. The number of piperidine rings is 1. The second-order valence-electron chi connectivity index (χ2n) is 6.59. The van der Waals surface area contributed by atoms with Crippen LogP contribution in [0.5, 0.6) is 0 Å². The molecule has 0 bridgehead atoms. The number of H-pyrrole nitrogens is 1. The van der Waals surface area contributed by atoms with Crippen LogP contribution in [0.15, 0.2) is 36.5 Å². The van der Waals surface area contributed by atoms with Gasteiger partial charge in [0.25, 0.3) is 0 Å². The molecule has 2 aliphatic rings. The van der Waals surface area contributed by atoms with Crippen molar-refractivity contribution in [3.05, 3.63) is 47.2 Å². The van der Waals surface area contributed by atoms with Gasteiger partial charge in [-0.2, -0.15) is 5.10 Å². The van der Waals surface area contributed by atoms with Crippen LogP contribution >= 0.6 is 11.6 Å². The second-order valence-corrected chi connectivity index (χ2v) is 7.00. The van der Waals surface area contributed by atoms with Gasteiger partial charge in [-0.1, -0.05) is 23.7 Å². The van der Waals surface area contributed by atoms with Crippen LogP contribution in [0.3, 0.4) is 0 Å². The number of carbonyl (C=O) groups excluding carboxylic acids is 1. The predicted octanol–water partition coefficient (Wildman–Crippen LogP) is 3.05. The predicted molar refractivity (Wildman–Crippen MR) is 94.3 cm³/mol. The zero-order valence-electron chi connectivity index (χ0n) is 13.5. The molecule has 1 aromatic heterocycles. The number of likely N-dealkylation sites (tertiary alicyclic amines) is 1. The summed E-state index contributed by atoms with van der Waals surface area (Å²) in [5.41, 5.74) is 2.00. The topological polar surface area (TPSA) is 52.2 Å². The van der Waals surface area contributed by atoms with E-state index < -0.39 is 0 Å². The maximum absolute atomic E-state index is 13.0. The van der Waals surface area contributed by atoms with Crippen molar-refractivity contribution >= 4 is 23.2 Å². The molecule has 2 aliphatic heterocycles. The number of aromatic amines is 1. The number of hydrogen-bond donors (Lipinski definition) is 1. The number of amides is 1. The van der Waals surface area contributed by atoms with Gasteiger partial charge in [0, 0.05) is 30.9 Å². The molecule has 0 spiro atoms. The maximum Gasteiger partial charge on any atom is 0.244 e. The van der Waals surface area contributed by atoms with Crippen LogP contribution in [0.25, 0.3) is 0 Å². The van der Waals surface area contributed by atoms with Crippen molar-refractivity contribution in [3.63, 3.8) is 0 Å². The highest BCUT2D eigenvalue weighted by molar-refractivity contribution is 6.33. The highest BCUT2D eigenvalue weighted by atomic mass is 35.5. The van der Waals surface area contributed by atoms with Crippen molar-refractivity contribution < 1.29 is 4.79 Å². The van der Waals surface area contributed by atoms with Crippen LogP contribution in [-0.2, 0) is 4.79 Å². The number of carbonyl (C=O) groups is 1. The minimum Gasteiger partial charge on any atom is -0.310 e. The quantitative estimate of drug-likeness (QED) is 0.931. The van der Waals surface area contributed by atoms with Gasteiger partial charge in [0.05, 0.1) is 16.8 Å². The van der Waals surface area contributed by atoms with Crippen LogP contribution in [0.2, 0.25) is 5.02 Å². The largest absolute Gasteiger partial charge is 0.310 e. The lowest BCUT2D eigenvalue weighted by atomic mass is 9.93. The molecule has 4 rings (SSSR count). The first-order valence-corrected chi connectivity index (χ1v) is 8.91. The molecule has 24 heavy (non-hydrogen) atoms. The Hall–Kier alpha value is -1.85. The molecule has 0 aliphatic carbocycles. The molecule has 1 aromatic carbocycles. The van der Waals surface area contributed by atoms with Crippen LogP contribution in [0.1, 0.15) is 30.9 Å². The van der Waals surface area contributed by atoms with Crippen molar-refractivity contribution in [2.24, 2.45) is 0 Å². The molecule has 2 saturated heterocycles. The fraction of sp³-hybridized carbons (Fsp3) is 0.444. The summed E-state index contributed by atoms with van der Waals surface area (Å²) >= 11 is 6.28. The van der Waals surface area contributed by atoms with Gasteiger partial charge >= 0.3 is 0 Å². The van der Waals surface area contributed by atoms with E-state index in [0.717, 1.165) is 44.6 Å². The molecule has 3 heterocycles. The zero-order valence-corrected chi connectivity index (χ0v) is 14.2. The number of benzene rings is 1. The van der Waals surface area contributed by atoms with E-state index in [2.05, 4.69) is 15.1 Å². The molecule has 2 aromatic rings. The fourth-order valence-corrected chi connectivity index (χ4v) is 4.19. The van der Waals surface area contributed by atoms with Crippen molar-refractivity contribution in [1.29, 1.82) is 0 Å². The number of aromatic nitrogens is 2. The van der Waals surface area contributed by atoms with Gasteiger partial charge in [0.1, 0.15) is 0 Å². The van der Waals surface area contributed by atoms with Crippen LogP contribution in [-0.4, -0.2) is 46.7 Å². The standard InChI is InChI=1S/C18H21ClN4O/c19-14-5-1-2-6-16(14)23-11-8-17(18(23)24)22-10-3-4-13(12-22)15-7-9-20-21-15/h1-2,5-7,9,13,17H,3-4,8,10-12H2,(H,20,21)/t13-,17+/m1/s1. The average Bonchev–Trinajstić information content (AvgIpc) is 3.26. The Labute approximate surface area is 146 Å². The Bertz CT molecular complexity index is 718. The van der Waals surface area contributed by atoms with E-state index in [1.807, 2.05) is 35.2 Å². The molecule has 0 radical (unpaired) electrons. The van der Waals surface area contributed by atoms with E-state index >= 15 is 0 Å². The third kappa shape index (κ3) is 2.82. The van der Waals surface area contributed by atoms with Crippen molar-refractivity contribution in [2.75, 3.05) is 24.5 Å². The molecule has 5 nitrogen and oxygen atoms in total. The highest BCUT2D eigenvalue weighted by Gasteiger charge is 2.39. The lowest BCUT2D eigenvalue weighted by Crippen LogP contribution is -2.46. The number of anilines is 1. The number of halogens is 1. The van der Waals surface area contributed by atoms with Gasteiger partial charge in [-0.15, -0.1) is 0 Å². The Morgan fingerprint density at radius 1 is 1.17 bits per heavy atom. The van der Waals surface area contributed by atoms with Crippen LogP contribution in [0, 0.1) is 0 Å². The van der Waals surface area contributed by atoms with E-state index in [-0.39, 0.29) is 11.9 Å². The van der Waals surface area contributed by atoms with Crippen molar-refractivity contribution in [2.45, 2.75) is 31.2 Å². The fourth-order valence-electron chi connectivity index (χ4n) is 3.95. The number of hydrogen-bond acceptors (Lipinski definition) is 3. The summed E-state index contributed by atoms with van der Waals surface area (Å²) in [5, 5.41) is 7.78. The number of nitrogens with one attached hydrogen (secondary N) is 1. The summed E-state index contributed by atoms with van der Waals surface area (Å²) in [7, 11) is 0. The third-order valence-electron chi connectivity index (χ3n) is 5.18. The maximum atomic E-state index is 13.0. The van der Waals surface area contributed by atoms with Crippen molar-refractivity contribution in [3.8, 4) is 0 Å². The Morgan fingerprint density at radius 2 is 2.04 bits per heavy atom. The van der Waals surface area contributed by atoms with Crippen LogP contribution in [0.4, 0.5) is 5.69 Å². The molecule has 126 valence electrons. The molecule has 1 N–H and O–H groups in total. The lowest BCUT2D eigenvalue weighted by molar-refractivity contribution is -0.122. The van der Waals surface area contributed by atoms with E-state index in [0.29, 0.717) is 10.9 Å². The Kier molecular flexibility index (Phi) is 4.29. The molecule has 6 heteroatoms. The normalized spacial score (nSPS) is 25.4. The van der Waals surface area contributed by atoms with Gasteiger partial charge in [-0.25, -0.2) is 0 Å². The summed E-state index contributed by atoms with van der Waals surface area (Å²) in [6, 6.07) is 9.59. The molecule has 2 fully saturated rings. The monoisotopic (exact) mass is 344 g/mol. The third-order valence-corrected chi connectivity index (χ3v) is 5.50. The minimum atomic E-state index is -0.0352. The number of nitrogens with zero attached hydrogens (tertiary/aromatic N) is 3. The second kappa shape index (κ2) is 6.57. The summed E-state index contributed by atoms with van der Waals surface area (Å²) < 4.78 is 0. The molecule has 0 unspecified atom stereocenters. The lowest BCUT2D eigenvalue weighted by Gasteiger charge is -2.35. The van der Waals surface area contributed by atoms with Crippen molar-refractivity contribution in [1.82, 2.24) is 15.1 Å². The van der Waals surface area contributed by atoms with Gasteiger partial charge in [0.2, 0.25) is 5.91 Å². The summed E-state index contributed by atoms with van der Waals surface area (Å²) in [4.78, 5) is 17.1. The average molecular weight is 345 g/mol. The molecule has 0 saturated carbocycles. The number of para-hydroxylation sites is 1. The van der Waals surface area contributed by atoms with E-state index in [1.165, 1.54) is 5.69 Å². The van der Waals surface area contributed by atoms with E-state index in [4.69, 9.17) is 11.6 Å². The highest BCUT2D eigenvalue weighted by Crippen LogP contribution is 2.33. The number of rotatable bonds is 3. The Morgan fingerprint density at radius 3 is 2.83 bits per heavy atom. The summed E-state index contributed by atoms with van der Waals surface area (Å²) in [5.74, 6) is 0.608. The zero-order chi connectivity index (χ0) is 16.5. The molecular formula is C18H21ClN4O. The minimum absolute atomic E-state index is 0.0352. The van der Waals surface area contributed by atoms with Crippen LogP contribution < -0.4 is 4.90 Å². The molecule has 2 atom stereocenters. The first-order valence-electron chi connectivity index (χ1n) is 8.53. The SMILES string of the molecule is O=C1[C@@H](N2CCC[C@@H](c3ccn[nH]3)C2)CCN1c1ccccc1Cl. The first kappa shape index (κ1) is 15.7.